The molecule has 0 heterocycles. The van der Waals surface area contributed by atoms with Crippen LogP contribution in [0.15, 0.2) is 36.9 Å². The first-order valence-corrected chi connectivity index (χ1v) is 12.2. The molecule has 0 atom stereocenters. The summed E-state index contributed by atoms with van der Waals surface area (Å²) in [6.07, 6.45) is 0.882. The third-order valence-corrected chi connectivity index (χ3v) is 6.62. The summed E-state index contributed by atoms with van der Waals surface area (Å²) in [5.41, 5.74) is 11.4. The molecule has 32 heavy (non-hydrogen) atoms. The molecule has 0 aliphatic heterocycles. The van der Waals surface area contributed by atoms with Crippen molar-refractivity contribution in [1.82, 2.24) is 0 Å². The molecule has 0 spiro atoms. The van der Waals surface area contributed by atoms with Gasteiger partial charge in [-0.3, -0.25) is 0 Å². The predicted molar refractivity (Wildman–Crippen MR) is 145 cm³/mol. The number of allylic oxidation sites excluding steroid dienone is 1. The van der Waals surface area contributed by atoms with E-state index in [1.54, 1.807) is 0 Å². The molecule has 0 aliphatic rings. The first kappa shape index (κ1) is 26.4. The van der Waals surface area contributed by atoms with Crippen LogP contribution in [0.2, 0.25) is 0 Å². The Balaban J connectivity index is 2.61. The van der Waals surface area contributed by atoms with Gasteiger partial charge in [0.1, 0.15) is 0 Å². The maximum Gasteiger partial charge on any atom is -0.00228 e. The van der Waals surface area contributed by atoms with Gasteiger partial charge in [-0.05, 0) is 79.5 Å². The number of benzene rings is 2. The molecule has 2 aromatic rings. The molecule has 0 bridgehead atoms. The van der Waals surface area contributed by atoms with E-state index in [0.717, 1.165) is 6.42 Å². The van der Waals surface area contributed by atoms with Gasteiger partial charge >= 0.3 is 0 Å². The van der Waals surface area contributed by atoms with Crippen molar-refractivity contribution in [2.24, 2.45) is 0 Å². The molecule has 0 N–H and O–H groups in total. The Bertz CT molecular complexity index is 951. The summed E-state index contributed by atoms with van der Waals surface area (Å²) in [4.78, 5) is 0. The van der Waals surface area contributed by atoms with E-state index in [9.17, 15) is 0 Å². The largest absolute Gasteiger partial charge is 0.0949 e. The van der Waals surface area contributed by atoms with Crippen molar-refractivity contribution in [3.05, 3.63) is 75.9 Å². The van der Waals surface area contributed by atoms with E-state index in [1.165, 1.54) is 44.5 Å². The zero-order chi connectivity index (χ0) is 24.9. The minimum atomic E-state index is 0.0945. The van der Waals surface area contributed by atoms with Gasteiger partial charge in [0.25, 0.3) is 0 Å². The Labute approximate surface area is 199 Å². The summed E-state index contributed by atoms with van der Waals surface area (Å²) in [7, 11) is 0. The Kier molecular flexibility index (Phi) is 7.03. The highest BCUT2D eigenvalue weighted by Crippen LogP contribution is 2.38. The quantitative estimate of drug-likeness (QED) is 0.453. The van der Waals surface area contributed by atoms with E-state index in [0.29, 0.717) is 0 Å². The average molecular weight is 433 g/mol. The van der Waals surface area contributed by atoms with Crippen molar-refractivity contribution in [1.29, 1.82) is 0 Å². The molecule has 0 aliphatic carbocycles. The third-order valence-electron chi connectivity index (χ3n) is 6.62. The van der Waals surface area contributed by atoms with Crippen molar-refractivity contribution in [2.45, 2.75) is 118 Å². The van der Waals surface area contributed by atoms with Crippen molar-refractivity contribution < 1.29 is 0 Å². The minimum absolute atomic E-state index is 0.0945. The molecule has 0 nitrogen and oxygen atoms in total. The van der Waals surface area contributed by atoms with Gasteiger partial charge in [0, 0.05) is 0 Å². The summed E-state index contributed by atoms with van der Waals surface area (Å²) in [5, 5.41) is 0. The molecule has 0 heteroatoms. The molecule has 0 saturated carbocycles. The van der Waals surface area contributed by atoms with E-state index < -0.39 is 0 Å². The Hall–Kier alpha value is -1.82. The van der Waals surface area contributed by atoms with Crippen LogP contribution in [0.1, 0.15) is 122 Å². The molecule has 0 amide bonds. The van der Waals surface area contributed by atoms with Crippen LogP contribution in [0.5, 0.6) is 0 Å². The van der Waals surface area contributed by atoms with Crippen LogP contribution in [0.4, 0.5) is 0 Å². The van der Waals surface area contributed by atoms with Crippen molar-refractivity contribution in [3.8, 4) is 0 Å². The third kappa shape index (κ3) is 5.94. The van der Waals surface area contributed by atoms with Crippen LogP contribution in [-0.4, -0.2) is 0 Å². The van der Waals surface area contributed by atoms with Crippen LogP contribution in [0.3, 0.4) is 0 Å². The molecular formula is C32H48. The fourth-order valence-corrected chi connectivity index (χ4v) is 4.70. The van der Waals surface area contributed by atoms with Crippen LogP contribution in [0, 0.1) is 6.92 Å². The van der Waals surface area contributed by atoms with Gasteiger partial charge in [0.05, 0.1) is 0 Å². The van der Waals surface area contributed by atoms with Crippen molar-refractivity contribution >= 4 is 5.57 Å². The smallest absolute Gasteiger partial charge is 0.00228 e. The predicted octanol–water partition coefficient (Wildman–Crippen LogP) is 9.44. The maximum atomic E-state index is 4.59. The summed E-state index contributed by atoms with van der Waals surface area (Å²) >= 11 is 0. The van der Waals surface area contributed by atoms with Gasteiger partial charge in [-0.1, -0.05) is 120 Å². The lowest BCUT2D eigenvalue weighted by molar-refractivity contribution is 0.560. The first-order valence-electron chi connectivity index (χ1n) is 12.2. The normalized spacial score (nSPS) is 13.4. The van der Waals surface area contributed by atoms with E-state index in [-0.39, 0.29) is 21.7 Å². The monoisotopic (exact) mass is 432 g/mol. The maximum absolute atomic E-state index is 4.59. The molecule has 0 saturated heterocycles. The Morgan fingerprint density at radius 3 is 1.44 bits per heavy atom. The zero-order valence-electron chi connectivity index (χ0n) is 23.3. The van der Waals surface area contributed by atoms with Gasteiger partial charge in [0.15, 0.2) is 0 Å². The fraction of sp³-hybridized carbons (Fsp3) is 0.562. The summed E-state index contributed by atoms with van der Waals surface area (Å²) in [6.45, 7) is 34.6. The lowest BCUT2D eigenvalue weighted by atomic mass is 9.74. The molecule has 2 aromatic carbocycles. The molecule has 0 radical (unpaired) electrons. The van der Waals surface area contributed by atoms with Crippen LogP contribution in [0.25, 0.3) is 5.57 Å². The fourth-order valence-electron chi connectivity index (χ4n) is 4.70. The van der Waals surface area contributed by atoms with Gasteiger partial charge in [-0.2, -0.15) is 0 Å². The summed E-state index contributed by atoms with van der Waals surface area (Å²) in [5.74, 6) is 0. The van der Waals surface area contributed by atoms with E-state index >= 15 is 0 Å². The van der Waals surface area contributed by atoms with Crippen molar-refractivity contribution in [2.75, 3.05) is 0 Å². The van der Waals surface area contributed by atoms with E-state index in [2.05, 4.69) is 127 Å². The molecule has 0 fully saturated rings. The average Bonchev–Trinajstić information content (AvgIpc) is 2.58. The SMILES string of the molecule is C=C(Cc1ccc(C(C)(C)C)cc1C(C)(C)C)c1cc(C(C)(C)C)c(C)c(C(C)(C)C)c1. The molecule has 0 unspecified atom stereocenters. The second-order valence-corrected chi connectivity index (χ2v) is 13.8. The zero-order valence-corrected chi connectivity index (χ0v) is 23.3. The molecule has 0 aromatic heterocycles. The molecular weight excluding hydrogens is 384 g/mol. The molecule has 176 valence electrons. The number of hydrogen-bond acceptors (Lipinski definition) is 0. The second-order valence-electron chi connectivity index (χ2n) is 13.8. The van der Waals surface area contributed by atoms with Crippen LogP contribution < -0.4 is 0 Å². The first-order chi connectivity index (χ1) is 14.2. The van der Waals surface area contributed by atoms with E-state index in [4.69, 9.17) is 0 Å². The van der Waals surface area contributed by atoms with Crippen molar-refractivity contribution in [3.63, 3.8) is 0 Å². The Morgan fingerprint density at radius 2 is 1.06 bits per heavy atom. The Morgan fingerprint density at radius 1 is 0.625 bits per heavy atom. The lowest BCUT2D eigenvalue weighted by Crippen LogP contribution is -2.20. The summed E-state index contributed by atoms with van der Waals surface area (Å²) < 4.78 is 0. The van der Waals surface area contributed by atoms with Gasteiger partial charge in [-0.15, -0.1) is 0 Å². The van der Waals surface area contributed by atoms with Gasteiger partial charge in [0.2, 0.25) is 0 Å². The number of rotatable bonds is 3. The van der Waals surface area contributed by atoms with E-state index in [1.807, 2.05) is 0 Å². The minimum Gasteiger partial charge on any atom is -0.0949 e. The summed E-state index contributed by atoms with van der Waals surface area (Å²) in [6, 6.07) is 11.9. The molecule has 2 rings (SSSR count). The topological polar surface area (TPSA) is 0 Å². The lowest BCUT2D eigenvalue weighted by Gasteiger charge is -2.31. The van der Waals surface area contributed by atoms with Crippen LogP contribution >= 0.6 is 0 Å². The van der Waals surface area contributed by atoms with Gasteiger partial charge < -0.3 is 0 Å². The standard InChI is InChI=1S/C32H48/c1-21(17-23-15-16-25(29(3,4)5)20-28(23)32(12,13)14)24-18-26(30(6,7)8)22(2)27(19-24)31(9,10)11/h15-16,18-20H,1,17H2,2-14H3. The number of hydrogen-bond donors (Lipinski definition) is 0. The highest BCUT2D eigenvalue weighted by Gasteiger charge is 2.26. The van der Waals surface area contributed by atoms with Crippen LogP contribution in [-0.2, 0) is 28.1 Å². The second kappa shape index (κ2) is 8.51. The van der Waals surface area contributed by atoms with Gasteiger partial charge in [-0.25, -0.2) is 0 Å². The highest BCUT2D eigenvalue weighted by atomic mass is 14.3. The highest BCUT2D eigenvalue weighted by molar-refractivity contribution is 5.69.